The maximum atomic E-state index is 13.4. The van der Waals surface area contributed by atoms with Gasteiger partial charge in [0.2, 0.25) is 0 Å². The van der Waals surface area contributed by atoms with Crippen LogP contribution >= 0.6 is 0 Å². The molecule has 0 saturated carbocycles. The summed E-state index contributed by atoms with van der Waals surface area (Å²) in [7, 11) is 0. The summed E-state index contributed by atoms with van der Waals surface area (Å²) in [5.74, 6) is -0.741. The van der Waals surface area contributed by atoms with Crippen molar-refractivity contribution >= 4 is 17.5 Å². The van der Waals surface area contributed by atoms with Gasteiger partial charge in [0, 0.05) is 41.3 Å². The van der Waals surface area contributed by atoms with E-state index in [4.69, 9.17) is 14.6 Å². The van der Waals surface area contributed by atoms with E-state index in [1.165, 1.54) is 0 Å². The van der Waals surface area contributed by atoms with Crippen molar-refractivity contribution in [1.29, 1.82) is 0 Å². The second kappa shape index (κ2) is 8.60. The molecule has 182 valence electrons. The van der Waals surface area contributed by atoms with Gasteiger partial charge >= 0.3 is 5.97 Å². The van der Waals surface area contributed by atoms with Crippen molar-refractivity contribution in [3.05, 3.63) is 46.3 Å². The van der Waals surface area contributed by atoms with Gasteiger partial charge in [-0.15, -0.1) is 0 Å². The highest BCUT2D eigenvalue weighted by molar-refractivity contribution is 6.06. The lowest BCUT2D eigenvalue weighted by molar-refractivity contribution is -0.139. The number of Topliss-reactive ketones (excluding diaryl/α,β-unsaturated/α-hetero) is 2. The molecular weight excluding hydrogens is 434 g/mol. The van der Waals surface area contributed by atoms with Crippen LogP contribution in [0.1, 0.15) is 71.8 Å². The lowest BCUT2D eigenvalue weighted by Gasteiger charge is -2.44. The zero-order chi connectivity index (χ0) is 24.8. The molecule has 0 bridgehead atoms. The van der Waals surface area contributed by atoms with Crippen LogP contribution in [0.3, 0.4) is 0 Å². The molecule has 7 nitrogen and oxygen atoms in total. The van der Waals surface area contributed by atoms with Gasteiger partial charge in [0.05, 0.1) is 6.61 Å². The van der Waals surface area contributed by atoms with E-state index < -0.39 is 18.5 Å². The largest absolute Gasteiger partial charge is 0.490 e. The Morgan fingerprint density at radius 1 is 0.941 bits per heavy atom. The van der Waals surface area contributed by atoms with E-state index >= 15 is 0 Å². The minimum atomic E-state index is -1.08. The molecule has 0 aromatic heterocycles. The molecule has 0 amide bonds. The van der Waals surface area contributed by atoms with E-state index in [1.54, 1.807) is 12.1 Å². The van der Waals surface area contributed by atoms with Crippen molar-refractivity contribution in [2.45, 2.75) is 66.2 Å². The van der Waals surface area contributed by atoms with Gasteiger partial charge in [-0.05, 0) is 48.3 Å². The maximum Gasteiger partial charge on any atom is 0.341 e. The number of rotatable bonds is 6. The van der Waals surface area contributed by atoms with E-state index in [0.717, 1.165) is 29.8 Å². The van der Waals surface area contributed by atoms with E-state index in [9.17, 15) is 14.4 Å². The van der Waals surface area contributed by atoms with Gasteiger partial charge in [0.15, 0.2) is 29.7 Å². The monoisotopic (exact) mass is 467 g/mol. The lowest BCUT2D eigenvalue weighted by atomic mass is 9.64. The first-order valence-electron chi connectivity index (χ1n) is 11.8. The second-order valence-corrected chi connectivity index (χ2v) is 11.0. The minimum Gasteiger partial charge on any atom is -0.490 e. The number of ketones is 2. The van der Waals surface area contributed by atoms with Crippen LogP contribution in [0.25, 0.3) is 0 Å². The molecule has 0 atom stereocenters. The van der Waals surface area contributed by atoms with Crippen LogP contribution in [0.5, 0.6) is 11.5 Å². The first kappa shape index (κ1) is 24.0. The minimum absolute atomic E-state index is 0.0529. The molecule has 3 aliphatic rings. The number of allylic oxidation sites excluding steroid dienone is 4. The summed E-state index contributed by atoms with van der Waals surface area (Å²) in [6, 6.07) is 5.26. The van der Waals surface area contributed by atoms with Gasteiger partial charge in [-0.2, -0.15) is 0 Å². The summed E-state index contributed by atoms with van der Waals surface area (Å²) < 4.78 is 11.2. The SMILES string of the molecule is CCOc1cc(C2C3=C(CC(C)(C)CC3=O)NC3=C2C(=O)CC(C)(C)C3)ccc1OCC(=O)O. The predicted molar refractivity (Wildman–Crippen MR) is 127 cm³/mol. The Morgan fingerprint density at radius 3 is 2.00 bits per heavy atom. The highest BCUT2D eigenvalue weighted by Crippen LogP contribution is 2.51. The van der Waals surface area contributed by atoms with E-state index in [0.29, 0.717) is 42.1 Å². The third-order valence-electron chi connectivity index (χ3n) is 6.67. The normalized spacial score (nSPS) is 21.6. The van der Waals surface area contributed by atoms with Gasteiger partial charge in [0.1, 0.15) is 0 Å². The van der Waals surface area contributed by atoms with Crippen molar-refractivity contribution < 1.29 is 29.0 Å². The van der Waals surface area contributed by atoms with Crippen LogP contribution < -0.4 is 14.8 Å². The smallest absolute Gasteiger partial charge is 0.341 e. The molecule has 2 aliphatic carbocycles. The first-order valence-corrected chi connectivity index (χ1v) is 11.8. The van der Waals surface area contributed by atoms with Crippen LogP contribution in [0, 0.1) is 10.8 Å². The highest BCUT2D eigenvalue weighted by atomic mass is 16.5. The molecule has 4 rings (SSSR count). The summed E-state index contributed by atoms with van der Waals surface area (Å²) in [6.45, 7) is 10.1. The molecule has 1 aromatic carbocycles. The number of aliphatic carboxylic acids is 1. The zero-order valence-electron chi connectivity index (χ0n) is 20.5. The van der Waals surface area contributed by atoms with Crippen LogP contribution in [0.2, 0.25) is 0 Å². The average molecular weight is 468 g/mol. The Labute approximate surface area is 200 Å². The molecule has 0 unspecified atom stereocenters. The number of carboxylic acid groups (broad SMARTS) is 1. The Balaban J connectivity index is 1.86. The fourth-order valence-corrected chi connectivity index (χ4v) is 5.45. The number of benzene rings is 1. The number of carbonyl (C=O) groups is 3. The van der Waals surface area contributed by atoms with Crippen LogP contribution in [-0.4, -0.2) is 35.9 Å². The van der Waals surface area contributed by atoms with E-state index in [-0.39, 0.29) is 22.4 Å². The predicted octanol–water partition coefficient (Wildman–Crippen LogP) is 4.52. The number of carboxylic acids is 1. The fraction of sp³-hybridized carbons (Fsp3) is 0.519. The Hall–Kier alpha value is -3.09. The molecule has 7 heteroatoms. The average Bonchev–Trinajstić information content (AvgIpc) is 2.69. The fourth-order valence-electron chi connectivity index (χ4n) is 5.45. The van der Waals surface area contributed by atoms with Crippen molar-refractivity contribution in [2.24, 2.45) is 10.8 Å². The van der Waals surface area contributed by atoms with Crippen LogP contribution in [0.15, 0.2) is 40.7 Å². The molecule has 34 heavy (non-hydrogen) atoms. The molecular formula is C27H33NO6. The Morgan fingerprint density at radius 2 is 1.50 bits per heavy atom. The van der Waals surface area contributed by atoms with Gasteiger partial charge in [-0.1, -0.05) is 33.8 Å². The van der Waals surface area contributed by atoms with Gasteiger partial charge in [-0.25, -0.2) is 4.79 Å². The van der Waals surface area contributed by atoms with Crippen molar-refractivity contribution in [3.8, 4) is 11.5 Å². The highest BCUT2D eigenvalue weighted by Gasteiger charge is 2.46. The van der Waals surface area contributed by atoms with E-state index in [2.05, 4.69) is 33.0 Å². The van der Waals surface area contributed by atoms with Crippen molar-refractivity contribution in [2.75, 3.05) is 13.2 Å². The number of ether oxygens (including phenoxy) is 2. The molecule has 0 saturated heterocycles. The number of nitrogens with one attached hydrogen (secondary N) is 1. The van der Waals surface area contributed by atoms with Gasteiger partial charge in [0.25, 0.3) is 0 Å². The molecule has 0 spiro atoms. The summed E-state index contributed by atoms with van der Waals surface area (Å²) in [5, 5.41) is 12.5. The third kappa shape index (κ3) is 4.61. The standard InChI is InChI=1S/C27H33NO6/c1-6-33-21-9-15(7-8-20(21)34-14-22(31)32)23-24-16(10-26(2,3)12-18(24)29)28-17-11-27(4,5)13-19(30)25(17)23/h7-9,23,28H,6,10-14H2,1-5H3,(H,31,32). The second-order valence-electron chi connectivity index (χ2n) is 11.0. The molecule has 2 N–H and O–H groups in total. The maximum absolute atomic E-state index is 13.4. The summed E-state index contributed by atoms with van der Waals surface area (Å²) in [4.78, 5) is 37.9. The third-order valence-corrected chi connectivity index (χ3v) is 6.67. The summed E-state index contributed by atoms with van der Waals surface area (Å²) in [6.07, 6.45) is 2.30. The number of hydrogen-bond donors (Lipinski definition) is 2. The zero-order valence-corrected chi connectivity index (χ0v) is 20.5. The van der Waals surface area contributed by atoms with E-state index in [1.807, 2.05) is 13.0 Å². The Bertz CT molecular complexity index is 1070. The Kier molecular flexibility index (Phi) is 6.08. The number of carbonyl (C=O) groups excluding carboxylic acids is 2. The molecule has 1 aliphatic heterocycles. The molecule has 0 fully saturated rings. The molecule has 1 aromatic rings. The molecule has 1 heterocycles. The number of dihydropyridines is 1. The quantitative estimate of drug-likeness (QED) is 0.634. The lowest BCUT2D eigenvalue weighted by Crippen LogP contribution is -2.42. The molecule has 0 radical (unpaired) electrons. The van der Waals surface area contributed by atoms with Crippen LogP contribution in [-0.2, 0) is 14.4 Å². The van der Waals surface area contributed by atoms with Gasteiger partial charge < -0.3 is 19.9 Å². The van der Waals surface area contributed by atoms with Gasteiger partial charge in [-0.3, -0.25) is 9.59 Å². The first-order chi connectivity index (χ1) is 15.9. The van der Waals surface area contributed by atoms with Crippen molar-refractivity contribution in [3.63, 3.8) is 0 Å². The summed E-state index contributed by atoms with van der Waals surface area (Å²) in [5.41, 5.74) is 3.57. The van der Waals surface area contributed by atoms with Crippen molar-refractivity contribution in [1.82, 2.24) is 5.32 Å². The number of hydrogen-bond acceptors (Lipinski definition) is 6. The van der Waals surface area contributed by atoms with Crippen LogP contribution in [0.4, 0.5) is 0 Å². The topological polar surface area (TPSA) is 102 Å². The summed E-state index contributed by atoms with van der Waals surface area (Å²) >= 11 is 0.